The maximum atomic E-state index is 12.2. The molecule has 0 spiro atoms. The zero-order valence-electron chi connectivity index (χ0n) is 17.0. The molecule has 0 aliphatic heterocycles. The van der Waals surface area contributed by atoms with Gasteiger partial charge < -0.3 is 15.2 Å². The first kappa shape index (κ1) is 19.8. The summed E-state index contributed by atoms with van der Waals surface area (Å²) in [6.07, 6.45) is 4.03. The van der Waals surface area contributed by atoms with Gasteiger partial charge in [0.25, 0.3) is 0 Å². The van der Waals surface area contributed by atoms with Crippen LogP contribution in [0.3, 0.4) is 0 Å². The van der Waals surface area contributed by atoms with Crippen LogP contribution in [0.1, 0.15) is 34.6 Å². The van der Waals surface area contributed by atoms with Crippen molar-refractivity contribution in [1.82, 2.24) is 5.32 Å². The lowest BCUT2D eigenvalue weighted by atomic mass is 9.98. The van der Waals surface area contributed by atoms with Gasteiger partial charge in [-0.15, -0.1) is 0 Å². The topological polar surface area (TPSA) is 58.6 Å². The Morgan fingerprint density at radius 1 is 1.03 bits per heavy atom. The van der Waals surface area contributed by atoms with E-state index >= 15 is 0 Å². The van der Waals surface area contributed by atoms with Crippen LogP contribution in [0.25, 0.3) is 17.2 Å². The molecule has 4 nitrogen and oxygen atoms in total. The predicted molar refractivity (Wildman–Crippen MR) is 120 cm³/mol. The van der Waals surface area contributed by atoms with Crippen molar-refractivity contribution in [3.63, 3.8) is 0 Å². The summed E-state index contributed by atoms with van der Waals surface area (Å²) < 4.78 is 5.53. The number of amides is 1. The van der Waals surface area contributed by atoms with Crippen LogP contribution in [-0.2, 0) is 4.74 Å². The molecule has 3 aromatic carbocycles. The highest BCUT2D eigenvalue weighted by atomic mass is 16.5. The number of fused-ring (bicyclic) bond motifs is 3. The van der Waals surface area contributed by atoms with E-state index in [-0.39, 0.29) is 11.7 Å². The van der Waals surface area contributed by atoms with Crippen LogP contribution < -0.4 is 5.32 Å². The fourth-order valence-electron chi connectivity index (χ4n) is 3.92. The Hall–Kier alpha value is -3.53. The van der Waals surface area contributed by atoms with E-state index in [0.717, 1.165) is 11.1 Å². The Kier molecular flexibility index (Phi) is 5.84. The third kappa shape index (κ3) is 4.23. The van der Waals surface area contributed by atoms with Crippen molar-refractivity contribution in [2.45, 2.75) is 19.3 Å². The van der Waals surface area contributed by atoms with Gasteiger partial charge in [-0.1, -0.05) is 72.3 Å². The van der Waals surface area contributed by atoms with Crippen LogP contribution in [0.2, 0.25) is 0 Å². The fraction of sp³-hybridized carbons (Fsp3) is 0.192. The molecule has 0 fully saturated rings. The molecule has 0 saturated heterocycles. The lowest BCUT2D eigenvalue weighted by Crippen LogP contribution is -2.26. The maximum absolute atomic E-state index is 12.2. The number of ether oxygens (including phenoxy) is 1. The van der Waals surface area contributed by atoms with E-state index in [0.29, 0.717) is 19.6 Å². The molecule has 0 saturated carbocycles. The summed E-state index contributed by atoms with van der Waals surface area (Å²) in [4.78, 5) is 12.2. The molecule has 0 unspecified atom stereocenters. The van der Waals surface area contributed by atoms with Crippen molar-refractivity contribution in [3.05, 3.63) is 95.1 Å². The van der Waals surface area contributed by atoms with Gasteiger partial charge in [0.2, 0.25) is 0 Å². The van der Waals surface area contributed by atoms with Crippen LogP contribution in [0, 0.1) is 6.92 Å². The van der Waals surface area contributed by atoms with Crippen molar-refractivity contribution >= 4 is 12.2 Å². The van der Waals surface area contributed by atoms with Crippen molar-refractivity contribution in [1.29, 1.82) is 0 Å². The largest absolute Gasteiger partial charge is 0.507 e. The van der Waals surface area contributed by atoms with Crippen molar-refractivity contribution in [2.75, 3.05) is 13.2 Å². The van der Waals surface area contributed by atoms with Crippen LogP contribution in [-0.4, -0.2) is 24.4 Å². The summed E-state index contributed by atoms with van der Waals surface area (Å²) >= 11 is 0. The molecule has 0 aromatic heterocycles. The van der Waals surface area contributed by atoms with E-state index < -0.39 is 6.09 Å². The predicted octanol–water partition coefficient (Wildman–Crippen LogP) is 5.64. The Bertz CT molecular complexity index is 1040. The Morgan fingerprint density at radius 2 is 1.70 bits per heavy atom. The molecule has 0 bridgehead atoms. The molecule has 0 heterocycles. The van der Waals surface area contributed by atoms with E-state index in [2.05, 4.69) is 29.6 Å². The molecular formula is C26H25NO3. The Balaban J connectivity index is 1.28. The number of phenolic OH excluding ortho intramolecular Hbond substituents is 1. The lowest BCUT2D eigenvalue weighted by molar-refractivity contribution is 0.143. The normalized spacial score (nSPS) is 12.6. The summed E-state index contributed by atoms with van der Waals surface area (Å²) in [5, 5.41) is 12.6. The maximum Gasteiger partial charge on any atom is 0.407 e. The highest BCUT2D eigenvalue weighted by Crippen LogP contribution is 2.44. The van der Waals surface area contributed by atoms with E-state index in [1.807, 2.05) is 55.5 Å². The highest BCUT2D eigenvalue weighted by molar-refractivity contribution is 5.79. The number of aryl methyl sites for hydroxylation is 1. The number of aromatic hydroxyl groups is 1. The number of carbonyl (C=O) groups excluding carboxylic acids is 1. The molecular weight excluding hydrogens is 374 g/mol. The molecule has 1 amide bonds. The van der Waals surface area contributed by atoms with Gasteiger partial charge >= 0.3 is 6.09 Å². The smallest absolute Gasteiger partial charge is 0.407 e. The minimum atomic E-state index is -0.413. The van der Waals surface area contributed by atoms with Gasteiger partial charge in [-0.25, -0.2) is 4.79 Å². The molecule has 3 aromatic rings. The van der Waals surface area contributed by atoms with Crippen LogP contribution in [0.5, 0.6) is 5.75 Å². The standard InChI is InChI=1S/C26H25NO3/c1-18-13-14-25(28)19(16-18)8-6-7-15-27-26(29)30-17-24-22-11-4-2-9-20(22)21-10-3-5-12-23(21)24/h2-6,8-14,16,24,28H,7,15,17H2,1H3,(H,27,29). The molecule has 0 atom stereocenters. The number of benzene rings is 3. The van der Waals surface area contributed by atoms with Crippen LogP contribution in [0.4, 0.5) is 4.79 Å². The molecule has 4 heteroatoms. The fourth-order valence-corrected chi connectivity index (χ4v) is 3.92. The number of hydrogen-bond acceptors (Lipinski definition) is 3. The molecule has 152 valence electrons. The third-order valence-electron chi connectivity index (χ3n) is 5.40. The van der Waals surface area contributed by atoms with Gasteiger partial charge in [0, 0.05) is 18.0 Å². The average Bonchev–Trinajstić information content (AvgIpc) is 3.08. The Labute approximate surface area is 176 Å². The van der Waals surface area contributed by atoms with Crippen molar-refractivity contribution in [3.8, 4) is 16.9 Å². The van der Waals surface area contributed by atoms with Gasteiger partial charge in [0.15, 0.2) is 0 Å². The van der Waals surface area contributed by atoms with E-state index in [1.54, 1.807) is 6.07 Å². The molecule has 1 aliphatic rings. The zero-order valence-corrected chi connectivity index (χ0v) is 17.0. The number of nitrogens with one attached hydrogen (secondary N) is 1. The van der Waals surface area contributed by atoms with Gasteiger partial charge in [-0.3, -0.25) is 0 Å². The van der Waals surface area contributed by atoms with Crippen molar-refractivity contribution < 1.29 is 14.6 Å². The van der Waals surface area contributed by atoms with Gasteiger partial charge in [-0.2, -0.15) is 0 Å². The molecule has 2 N–H and O–H groups in total. The minimum Gasteiger partial charge on any atom is -0.507 e. The summed E-state index contributed by atoms with van der Waals surface area (Å²) in [5.41, 5.74) is 6.69. The number of rotatable bonds is 6. The Morgan fingerprint density at radius 3 is 2.40 bits per heavy atom. The second-order valence-corrected chi connectivity index (χ2v) is 7.51. The molecule has 30 heavy (non-hydrogen) atoms. The number of carbonyl (C=O) groups is 1. The molecule has 1 aliphatic carbocycles. The number of alkyl carbamates (subject to hydrolysis) is 1. The lowest BCUT2D eigenvalue weighted by Gasteiger charge is -2.14. The summed E-state index contributed by atoms with van der Waals surface area (Å²) in [7, 11) is 0. The van der Waals surface area contributed by atoms with Gasteiger partial charge in [0.1, 0.15) is 12.4 Å². The minimum absolute atomic E-state index is 0.0624. The molecule has 0 radical (unpaired) electrons. The number of phenols is 1. The van der Waals surface area contributed by atoms with Gasteiger partial charge in [-0.05, 0) is 47.7 Å². The quantitative estimate of drug-likeness (QED) is 0.527. The van der Waals surface area contributed by atoms with Crippen molar-refractivity contribution in [2.24, 2.45) is 0 Å². The van der Waals surface area contributed by atoms with E-state index in [9.17, 15) is 9.90 Å². The highest BCUT2D eigenvalue weighted by Gasteiger charge is 2.28. The summed E-state index contributed by atoms with van der Waals surface area (Å²) in [6.45, 7) is 2.77. The van der Waals surface area contributed by atoms with Crippen LogP contribution in [0.15, 0.2) is 72.8 Å². The first-order valence-electron chi connectivity index (χ1n) is 10.2. The monoisotopic (exact) mass is 399 g/mol. The summed E-state index contributed by atoms with van der Waals surface area (Å²) in [6, 6.07) is 22.0. The first-order chi connectivity index (χ1) is 14.6. The second kappa shape index (κ2) is 8.87. The first-order valence-corrected chi connectivity index (χ1v) is 10.2. The molecule has 4 rings (SSSR count). The second-order valence-electron chi connectivity index (χ2n) is 7.51. The zero-order chi connectivity index (χ0) is 20.9. The summed E-state index contributed by atoms with van der Waals surface area (Å²) in [5.74, 6) is 0.314. The van der Waals surface area contributed by atoms with Crippen LogP contribution >= 0.6 is 0 Å². The van der Waals surface area contributed by atoms with E-state index in [4.69, 9.17) is 4.74 Å². The number of hydrogen-bond donors (Lipinski definition) is 2. The third-order valence-corrected chi connectivity index (χ3v) is 5.40. The van der Waals surface area contributed by atoms with E-state index in [1.165, 1.54) is 22.3 Å². The van der Waals surface area contributed by atoms with Gasteiger partial charge in [0.05, 0.1) is 0 Å². The SMILES string of the molecule is Cc1ccc(O)c(C=CCCNC(=O)OCC2c3ccccc3-c3ccccc32)c1. The average molecular weight is 399 g/mol.